The Labute approximate surface area is 202 Å². The number of carbonyl (C=O) groups is 1. The Morgan fingerprint density at radius 2 is 1.77 bits per heavy atom. The third kappa shape index (κ3) is 3.08. The Morgan fingerprint density at radius 1 is 1.06 bits per heavy atom. The van der Waals surface area contributed by atoms with E-state index in [9.17, 15) is 9.90 Å². The number of H-pyrrole nitrogens is 1. The van der Waals surface area contributed by atoms with Crippen molar-refractivity contribution in [2.75, 3.05) is 26.2 Å². The van der Waals surface area contributed by atoms with Crippen LogP contribution in [0.2, 0.25) is 0 Å². The summed E-state index contributed by atoms with van der Waals surface area (Å²) >= 11 is 0. The molecule has 3 aliphatic carbocycles. The SMILES string of the molecule is O=C(N1CC2(CC(Cc3ccc4ncnn4c3)C2)C1)N1CC2(CC(c3nc(C4(O)CC4)n[nH]3)C2)C1. The number of hydrogen-bond donors (Lipinski definition) is 2. The van der Waals surface area contributed by atoms with Gasteiger partial charge >= 0.3 is 6.03 Å². The number of aromatic amines is 1. The van der Waals surface area contributed by atoms with E-state index in [2.05, 4.69) is 42.4 Å². The summed E-state index contributed by atoms with van der Waals surface area (Å²) in [6.45, 7) is 3.56. The van der Waals surface area contributed by atoms with Crippen LogP contribution in [0.3, 0.4) is 0 Å². The lowest BCUT2D eigenvalue weighted by Crippen LogP contribution is -2.70. The van der Waals surface area contributed by atoms with Gasteiger partial charge in [-0.15, -0.1) is 0 Å². The van der Waals surface area contributed by atoms with Crippen molar-refractivity contribution in [1.82, 2.24) is 39.6 Å². The molecular weight excluding hydrogens is 444 g/mol. The Balaban J connectivity index is 0.796. The van der Waals surface area contributed by atoms with Crippen molar-refractivity contribution < 1.29 is 9.90 Å². The van der Waals surface area contributed by atoms with Gasteiger partial charge in [0, 0.05) is 49.1 Å². The highest BCUT2D eigenvalue weighted by molar-refractivity contribution is 5.77. The lowest BCUT2D eigenvalue weighted by atomic mass is 9.56. The Morgan fingerprint density at radius 3 is 2.49 bits per heavy atom. The lowest BCUT2D eigenvalue weighted by Gasteiger charge is -2.63. The molecule has 5 heterocycles. The number of fused-ring (bicyclic) bond motifs is 1. The van der Waals surface area contributed by atoms with Gasteiger partial charge in [-0.3, -0.25) is 5.10 Å². The van der Waals surface area contributed by atoms with E-state index in [-0.39, 0.29) is 11.4 Å². The molecule has 5 fully saturated rings. The van der Waals surface area contributed by atoms with Crippen LogP contribution >= 0.6 is 0 Å². The van der Waals surface area contributed by atoms with Crippen molar-refractivity contribution in [3.63, 3.8) is 0 Å². The first-order valence-electron chi connectivity index (χ1n) is 12.9. The first-order valence-corrected chi connectivity index (χ1v) is 12.9. The number of carbonyl (C=O) groups excluding carboxylic acids is 1. The van der Waals surface area contributed by atoms with Crippen LogP contribution in [0.1, 0.15) is 61.7 Å². The van der Waals surface area contributed by atoms with E-state index in [1.54, 1.807) is 6.33 Å². The molecule has 5 aliphatic rings. The molecule has 2 amide bonds. The van der Waals surface area contributed by atoms with Crippen LogP contribution in [-0.4, -0.2) is 76.9 Å². The third-order valence-electron chi connectivity index (χ3n) is 9.34. The maximum atomic E-state index is 13.0. The van der Waals surface area contributed by atoms with Gasteiger partial charge in [-0.05, 0) is 62.5 Å². The van der Waals surface area contributed by atoms with Gasteiger partial charge in [0.2, 0.25) is 0 Å². The molecule has 10 nitrogen and oxygen atoms in total. The lowest BCUT2D eigenvalue weighted by molar-refractivity contribution is -0.100. The number of nitrogens with zero attached hydrogens (tertiary/aromatic N) is 7. The van der Waals surface area contributed by atoms with Crippen molar-refractivity contribution in [3.8, 4) is 0 Å². The largest absolute Gasteiger partial charge is 0.382 e. The zero-order valence-electron chi connectivity index (χ0n) is 19.7. The quantitative estimate of drug-likeness (QED) is 0.598. The number of aromatic nitrogens is 6. The van der Waals surface area contributed by atoms with E-state index >= 15 is 0 Å². The molecular formula is C25H30N8O2. The average Bonchev–Trinajstić information content (AvgIpc) is 3.13. The van der Waals surface area contributed by atoms with Crippen molar-refractivity contribution in [1.29, 1.82) is 0 Å². The number of rotatable bonds is 4. The van der Waals surface area contributed by atoms with Gasteiger partial charge in [0.1, 0.15) is 17.8 Å². The predicted molar refractivity (Wildman–Crippen MR) is 124 cm³/mol. The number of amides is 2. The first kappa shape index (κ1) is 20.2. The van der Waals surface area contributed by atoms with Gasteiger partial charge in [0.05, 0.1) is 0 Å². The summed E-state index contributed by atoms with van der Waals surface area (Å²) in [5.41, 5.74) is 2.04. The summed E-state index contributed by atoms with van der Waals surface area (Å²) in [7, 11) is 0. The van der Waals surface area contributed by atoms with Crippen molar-refractivity contribution in [2.24, 2.45) is 16.7 Å². The van der Waals surface area contributed by atoms with Crippen molar-refractivity contribution in [2.45, 2.75) is 56.5 Å². The normalized spacial score (nSPS) is 25.9. The van der Waals surface area contributed by atoms with Crippen LogP contribution in [0.4, 0.5) is 4.79 Å². The molecule has 2 saturated heterocycles. The number of likely N-dealkylation sites (tertiary alicyclic amines) is 2. The molecule has 2 aliphatic heterocycles. The molecule has 35 heavy (non-hydrogen) atoms. The zero-order chi connectivity index (χ0) is 23.4. The van der Waals surface area contributed by atoms with Crippen LogP contribution < -0.4 is 0 Å². The van der Waals surface area contributed by atoms with Crippen LogP contribution in [0.15, 0.2) is 24.7 Å². The highest BCUT2D eigenvalue weighted by Crippen LogP contribution is 2.57. The molecule has 2 N–H and O–H groups in total. The Kier molecular flexibility index (Phi) is 3.81. The molecule has 0 aromatic carbocycles. The van der Waals surface area contributed by atoms with Gasteiger partial charge in [-0.1, -0.05) is 6.07 Å². The summed E-state index contributed by atoms with van der Waals surface area (Å²) in [5.74, 6) is 2.53. The molecule has 3 saturated carbocycles. The Hall–Kier alpha value is -3.01. The fourth-order valence-electron chi connectivity index (χ4n) is 7.32. The second-order valence-electron chi connectivity index (χ2n) is 12.3. The number of hydrogen-bond acceptors (Lipinski definition) is 6. The molecule has 8 rings (SSSR count). The smallest absolute Gasteiger partial charge is 0.320 e. The molecule has 3 aromatic rings. The second-order valence-corrected chi connectivity index (χ2v) is 12.3. The molecule has 10 heteroatoms. The van der Waals surface area contributed by atoms with Crippen LogP contribution in [-0.2, 0) is 12.0 Å². The summed E-state index contributed by atoms with van der Waals surface area (Å²) in [6, 6.07) is 4.42. The van der Waals surface area contributed by atoms with Gasteiger partial charge in [-0.2, -0.15) is 10.2 Å². The number of urea groups is 1. The maximum absolute atomic E-state index is 13.0. The van der Waals surface area contributed by atoms with Crippen molar-refractivity contribution in [3.05, 3.63) is 41.9 Å². The third-order valence-corrected chi connectivity index (χ3v) is 9.34. The van der Waals surface area contributed by atoms with Crippen molar-refractivity contribution >= 4 is 11.7 Å². The fraction of sp³-hybridized carbons (Fsp3) is 0.640. The second kappa shape index (κ2) is 6.60. The molecule has 0 bridgehead atoms. The summed E-state index contributed by atoms with van der Waals surface area (Å²) in [5, 5.41) is 21.7. The van der Waals surface area contributed by atoms with Crippen LogP contribution in [0.25, 0.3) is 5.65 Å². The van der Waals surface area contributed by atoms with Crippen LogP contribution in [0, 0.1) is 16.7 Å². The summed E-state index contributed by atoms with van der Waals surface area (Å²) in [4.78, 5) is 25.8. The molecule has 3 aromatic heterocycles. The van der Waals surface area contributed by atoms with Gasteiger partial charge < -0.3 is 14.9 Å². The van der Waals surface area contributed by atoms with E-state index in [1.165, 1.54) is 18.4 Å². The van der Waals surface area contributed by atoms with Gasteiger partial charge in [0.25, 0.3) is 0 Å². The zero-order valence-corrected chi connectivity index (χ0v) is 19.7. The highest BCUT2D eigenvalue weighted by atomic mass is 16.3. The molecule has 0 atom stereocenters. The first-order chi connectivity index (χ1) is 16.9. The minimum Gasteiger partial charge on any atom is -0.382 e. The van der Waals surface area contributed by atoms with E-state index in [4.69, 9.17) is 0 Å². The molecule has 0 unspecified atom stereocenters. The van der Waals surface area contributed by atoms with E-state index < -0.39 is 5.60 Å². The molecule has 182 valence electrons. The minimum absolute atomic E-state index is 0.225. The maximum Gasteiger partial charge on any atom is 0.320 e. The molecule has 2 spiro atoms. The number of pyridine rings is 1. The fourth-order valence-corrected chi connectivity index (χ4v) is 7.32. The van der Waals surface area contributed by atoms with Gasteiger partial charge in [-0.25, -0.2) is 19.3 Å². The highest BCUT2D eigenvalue weighted by Gasteiger charge is 2.59. The number of nitrogens with one attached hydrogen (secondary N) is 1. The minimum atomic E-state index is -0.781. The molecule has 0 radical (unpaired) electrons. The standard InChI is InChI=1S/C25H30N8O2/c34-22(32-13-24(14-32)8-18(9-24)20-28-21(30-29-20)25(35)3-4-25)31-11-23(12-31)6-17(7-23)5-16-1-2-19-26-15-27-33(19)10-16/h1-2,10,15,17-18,35H,3-9,11-14H2,(H,28,29,30). The topological polar surface area (TPSA) is 116 Å². The average molecular weight is 475 g/mol. The van der Waals surface area contributed by atoms with E-state index in [0.29, 0.717) is 23.1 Å². The summed E-state index contributed by atoms with van der Waals surface area (Å²) in [6.07, 6.45) is 10.8. The van der Waals surface area contributed by atoms with E-state index in [0.717, 1.165) is 69.8 Å². The van der Waals surface area contributed by atoms with Crippen LogP contribution in [0.5, 0.6) is 0 Å². The Bertz CT molecular complexity index is 1310. The van der Waals surface area contributed by atoms with Gasteiger partial charge in [0.15, 0.2) is 11.5 Å². The van der Waals surface area contributed by atoms with E-state index in [1.807, 2.05) is 15.5 Å². The monoisotopic (exact) mass is 474 g/mol. The summed E-state index contributed by atoms with van der Waals surface area (Å²) < 4.78 is 1.85. The number of aliphatic hydroxyl groups is 1. The predicted octanol–water partition coefficient (Wildman–Crippen LogP) is 2.08.